The van der Waals surface area contributed by atoms with Crippen molar-refractivity contribution < 1.29 is 8.42 Å². The molecule has 3 rings (SSSR count). The van der Waals surface area contributed by atoms with E-state index in [2.05, 4.69) is 19.8 Å². The first-order valence-electron chi connectivity index (χ1n) is 7.16. The molecule has 0 aliphatic carbocycles. The van der Waals surface area contributed by atoms with Gasteiger partial charge in [-0.3, -0.25) is 9.40 Å². The number of rotatable bonds is 3. The van der Waals surface area contributed by atoms with Gasteiger partial charge in [-0.1, -0.05) is 17.7 Å². The molecule has 1 N–H and O–H groups in total. The zero-order chi connectivity index (χ0) is 17.5. The molecule has 0 bridgehead atoms. The van der Waals surface area contributed by atoms with Gasteiger partial charge in [0.05, 0.1) is 28.5 Å². The van der Waals surface area contributed by atoms with Crippen molar-refractivity contribution in [1.82, 2.24) is 19.7 Å². The van der Waals surface area contributed by atoms with E-state index in [1.165, 1.54) is 18.6 Å². The summed E-state index contributed by atoms with van der Waals surface area (Å²) in [5.41, 5.74) is 0.712. The lowest BCUT2D eigenvalue weighted by molar-refractivity contribution is 0.355. The van der Waals surface area contributed by atoms with Crippen molar-refractivity contribution in [3.63, 3.8) is 0 Å². The number of sulfonamides is 1. The maximum Gasteiger partial charge on any atom is 0.266 e. The van der Waals surface area contributed by atoms with Gasteiger partial charge in [-0.15, -0.1) is 0 Å². The molecule has 0 radical (unpaired) electrons. The number of nitrogens with one attached hydrogen (secondary N) is 1. The summed E-state index contributed by atoms with van der Waals surface area (Å²) in [4.78, 5) is 8.46. The van der Waals surface area contributed by atoms with Crippen LogP contribution in [0.3, 0.4) is 0 Å². The van der Waals surface area contributed by atoms with Crippen LogP contribution in [-0.2, 0) is 15.6 Å². The normalized spacial score (nSPS) is 12.5. The number of nitrogens with zero attached hydrogens (tertiary/aromatic N) is 4. The quantitative estimate of drug-likeness (QED) is 0.770. The summed E-state index contributed by atoms with van der Waals surface area (Å²) in [5, 5.41) is 4.56. The molecule has 0 unspecified atom stereocenters. The third-order valence-corrected chi connectivity index (χ3v) is 4.93. The Hall–Kier alpha value is -2.19. The molecule has 3 aromatic rings. The predicted octanol–water partition coefficient (Wildman–Crippen LogP) is 3.04. The van der Waals surface area contributed by atoms with Crippen LogP contribution in [0.15, 0.2) is 41.7 Å². The minimum Gasteiger partial charge on any atom is -0.266 e. The van der Waals surface area contributed by atoms with Crippen molar-refractivity contribution in [3.05, 3.63) is 41.8 Å². The molecule has 0 saturated heterocycles. The largest absolute Gasteiger partial charge is 0.266 e. The SMILES string of the molecule is CC(C)(C)n1cc(S(=O)(=O)Nc2cnc3c(Cl)cccc3n2)cn1. The molecule has 24 heavy (non-hydrogen) atoms. The van der Waals surface area contributed by atoms with E-state index in [-0.39, 0.29) is 16.3 Å². The predicted molar refractivity (Wildman–Crippen MR) is 92.6 cm³/mol. The topological polar surface area (TPSA) is 89.8 Å². The standard InChI is InChI=1S/C15H16ClN5O2S/c1-15(2,3)21-9-10(7-18-21)24(22,23)20-13-8-17-14-11(16)5-4-6-12(14)19-13/h4-9H,1-3H3,(H,19,20). The summed E-state index contributed by atoms with van der Waals surface area (Å²) in [5.74, 6) is 0.119. The van der Waals surface area contributed by atoms with Crippen LogP contribution in [0.25, 0.3) is 11.0 Å². The molecule has 0 aliphatic rings. The van der Waals surface area contributed by atoms with Crippen LogP contribution in [0.2, 0.25) is 5.02 Å². The molecular weight excluding hydrogens is 350 g/mol. The van der Waals surface area contributed by atoms with Crippen LogP contribution in [-0.4, -0.2) is 28.2 Å². The summed E-state index contributed by atoms with van der Waals surface area (Å²) >= 11 is 6.03. The fraction of sp³-hybridized carbons (Fsp3) is 0.267. The van der Waals surface area contributed by atoms with Gasteiger partial charge in [-0.25, -0.2) is 18.4 Å². The maximum absolute atomic E-state index is 12.5. The van der Waals surface area contributed by atoms with Crippen LogP contribution in [0, 0.1) is 0 Å². The molecule has 126 valence electrons. The molecule has 0 saturated carbocycles. The van der Waals surface area contributed by atoms with Crippen molar-refractivity contribution in [2.24, 2.45) is 0 Å². The lowest BCUT2D eigenvalue weighted by Crippen LogP contribution is -2.22. The fourth-order valence-corrected chi connectivity index (χ4v) is 3.20. The Balaban J connectivity index is 1.93. The average Bonchev–Trinajstić information content (AvgIpc) is 2.97. The number of halogens is 1. The summed E-state index contributed by atoms with van der Waals surface area (Å²) in [6, 6.07) is 5.14. The molecule has 0 atom stereocenters. The monoisotopic (exact) mass is 365 g/mol. The molecular formula is C15H16ClN5O2S. The van der Waals surface area contributed by atoms with E-state index in [1.807, 2.05) is 20.8 Å². The van der Waals surface area contributed by atoms with E-state index in [0.717, 1.165) is 0 Å². The number of anilines is 1. The molecule has 0 aliphatic heterocycles. The van der Waals surface area contributed by atoms with Gasteiger partial charge in [0.15, 0.2) is 5.82 Å². The molecule has 0 fully saturated rings. The molecule has 7 nitrogen and oxygen atoms in total. The minimum absolute atomic E-state index is 0.0606. The van der Waals surface area contributed by atoms with E-state index in [9.17, 15) is 8.42 Å². The van der Waals surface area contributed by atoms with Crippen LogP contribution in [0.4, 0.5) is 5.82 Å². The number of fused-ring (bicyclic) bond motifs is 1. The first-order chi connectivity index (χ1) is 11.2. The fourth-order valence-electron chi connectivity index (χ4n) is 2.06. The molecule has 2 heterocycles. The Morgan fingerprint density at radius 2 is 1.96 bits per heavy atom. The molecule has 1 aromatic carbocycles. The van der Waals surface area contributed by atoms with E-state index >= 15 is 0 Å². The minimum atomic E-state index is -3.80. The lowest BCUT2D eigenvalue weighted by Gasteiger charge is -2.18. The zero-order valence-electron chi connectivity index (χ0n) is 13.4. The van der Waals surface area contributed by atoms with Crippen molar-refractivity contribution in [3.8, 4) is 0 Å². The number of hydrogen-bond donors (Lipinski definition) is 1. The van der Waals surface area contributed by atoms with Gasteiger partial charge in [0, 0.05) is 6.20 Å². The Kier molecular flexibility index (Phi) is 3.97. The number of aromatic nitrogens is 4. The smallest absolute Gasteiger partial charge is 0.266 e. The first-order valence-corrected chi connectivity index (χ1v) is 9.02. The van der Waals surface area contributed by atoms with Crippen LogP contribution < -0.4 is 4.72 Å². The first kappa shape index (κ1) is 16.7. The summed E-state index contributed by atoms with van der Waals surface area (Å²) in [6.07, 6.45) is 4.12. The summed E-state index contributed by atoms with van der Waals surface area (Å²) < 4.78 is 29.0. The van der Waals surface area contributed by atoms with Gasteiger partial charge in [0.1, 0.15) is 10.4 Å². The highest BCUT2D eigenvalue weighted by Crippen LogP contribution is 2.22. The van der Waals surface area contributed by atoms with Crippen LogP contribution >= 0.6 is 11.6 Å². The maximum atomic E-state index is 12.5. The highest BCUT2D eigenvalue weighted by Gasteiger charge is 2.21. The number of hydrogen-bond acceptors (Lipinski definition) is 5. The molecule has 0 spiro atoms. The second kappa shape index (κ2) is 5.71. The highest BCUT2D eigenvalue weighted by molar-refractivity contribution is 7.92. The Labute approximate surface area is 144 Å². The van der Waals surface area contributed by atoms with Gasteiger partial charge in [-0.2, -0.15) is 5.10 Å². The van der Waals surface area contributed by atoms with Crippen LogP contribution in [0.5, 0.6) is 0 Å². The molecule has 9 heteroatoms. The van der Waals surface area contributed by atoms with E-state index in [0.29, 0.717) is 16.1 Å². The van der Waals surface area contributed by atoms with Crippen molar-refractivity contribution in [2.45, 2.75) is 31.2 Å². The third-order valence-electron chi connectivity index (χ3n) is 3.32. The van der Waals surface area contributed by atoms with Crippen molar-refractivity contribution >= 4 is 38.5 Å². The van der Waals surface area contributed by atoms with Crippen molar-refractivity contribution in [2.75, 3.05) is 4.72 Å². The number of benzene rings is 1. The summed E-state index contributed by atoms with van der Waals surface area (Å²) in [6.45, 7) is 5.80. The van der Waals surface area contributed by atoms with Gasteiger partial charge in [0.2, 0.25) is 0 Å². The molecule has 0 amide bonds. The zero-order valence-corrected chi connectivity index (χ0v) is 14.9. The van der Waals surface area contributed by atoms with Crippen molar-refractivity contribution in [1.29, 1.82) is 0 Å². The third kappa shape index (κ3) is 3.20. The van der Waals surface area contributed by atoms with E-state index in [4.69, 9.17) is 11.6 Å². The van der Waals surface area contributed by atoms with Gasteiger partial charge in [0.25, 0.3) is 10.0 Å². The van der Waals surface area contributed by atoms with E-state index < -0.39 is 10.0 Å². The van der Waals surface area contributed by atoms with Gasteiger partial charge < -0.3 is 0 Å². The van der Waals surface area contributed by atoms with Crippen LogP contribution in [0.1, 0.15) is 20.8 Å². The Morgan fingerprint density at radius 1 is 1.21 bits per heavy atom. The van der Waals surface area contributed by atoms with Gasteiger partial charge >= 0.3 is 0 Å². The second-order valence-corrected chi connectivity index (χ2v) is 8.35. The summed E-state index contributed by atoms with van der Waals surface area (Å²) in [7, 11) is -3.80. The second-order valence-electron chi connectivity index (χ2n) is 6.26. The highest BCUT2D eigenvalue weighted by atomic mass is 35.5. The van der Waals surface area contributed by atoms with E-state index in [1.54, 1.807) is 22.9 Å². The van der Waals surface area contributed by atoms with Gasteiger partial charge in [-0.05, 0) is 32.9 Å². The Morgan fingerprint density at radius 3 is 2.62 bits per heavy atom. The average molecular weight is 366 g/mol. The number of para-hydroxylation sites is 1. The Bertz CT molecular complexity index is 1010. The lowest BCUT2D eigenvalue weighted by atomic mass is 10.1. The molecule has 2 aromatic heterocycles.